The maximum atomic E-state index is 5.71. The summed E-state index contributed by atoms with van der Waals surface area (Å²) in [6.07, 6.45) is 4.00. The molecular formula is C20H18N2. The first kappa shape index (κ1) is 14.0. The molecule has 0 aliphatic heterocycles. The Bertz CT molecular complexity index is 742. The standard InChI is InChI=1S/C20H18N2/c21-19-10-6-17(7-11-19)18-8-12-20(13-9-18)22-15-14-16-4-2-1-3-5-16/h1-15,22H,21H2. The van der Waals surface area contributed by atoms with E-state index in [1.807, 2.05) is 54.7 Å². The molecule has 0 aliphatic rings. The lowest BCUT2D eigenvalue weighted by Gasteiger charge is -2.05. The van der Waals surface area contributed by atoms with E-state index in [4.69, 9.17) is 5.73 Å². The lowest BCUT2D eigenvalue weighted by Crippen LogP contribution is -1.87. The molecule has 22 heavy (non-hydrogen) atoms. The van der Waals surface area contributed by atoms with Crippen molar-refractivity contribution in [2.24, 2.45) is 0 Å². The molecule has 0 amide bonds. The van der Waals surface area contributed by atoms with E-state index in [1.54, 1.807) is 0 Å². The van der Waals surface area contributed by atoms with E-state index in [-0.39, 0.29) is 0 Å². The van der Waals surface area contributed by atoms with Crippen molar-refractivity contribution in [2.45, 2.75) is 0 Å². The Labute approximate surface area is 130 Å². The average molecular weight is 286 g/mol. The Morgan fingerprint density at radius 2 is 1.27 bits per heavy atom. The molecule has 0 spiro atoms. The Kier molecular flexibility index (Phi) is 4.21. The summed E-state index contributed by atoms with van der Waals surface area (Å²) in [6, 6.07) is 26.5. The first-order valence-corrected chi connectivity index (χ1v) is 7.25. The number of anilines is 2. The van der Waals surface area contributed by atoms with Gasteiger partial charge in [0.25, 0.3) is 0 Å². The van der Waals surface area contributed by atoms with Gasteiger partial charge in [-0.05, 0) is 47.0 Å². The molecule has 0 aromatic heterocycles. The van der Waals surface area contributed by atoms with Gasteiger partial charge in [0.1, 0.15) is 0 Å². The van der Waals surface area contributed by atoms with Crippen LogP contribution in [0.1, 0.15) is 5.56 Å². The predicted molar refractivity (Wildman–Crippen MR) is 95.4 cm³/mol. The number of nitrogens with two attached hydrogens (primary N) is 1. The van der Waals surface area contributed by atoms with Crippen molar-refractivity contribution >= 4 is 17.5 Å². The molecule has 0 bridgehead atoms. The highest BCUT2D eigenvalue weighted by Crippen LogP contribution is 2.22. The SMILES string of the molecule is Nc1ccc(-c2ccc(NC=Cc3ccccc3)cc2)cc1. The minimum absolute atomic E-state index is 0.785. The van der Waals surface area contributed by atoms with Gasteiger partial charge in [-0.25, -0.2) is 0 Å². The molecular weight excluding hydrogens is 268 g/mol. The van der Waals surface area contributed by atoms with Gasteiger partial charge >= 0.3 is 0 Å². The highest BCUT2D eigenvalue weighted by molar-refractivity contribution is 5.68. The minimum Gasteiger partial charge on any atom is -0.399 e. The van der Waals surface area contributed by atoms with Gasteiger partial charge in [-0.2, -0.15) is 0 Å². The zero-order valence-electron chi connectivity index (χ0n) is 12.2. The minimum atomic E-state index is 0.785. The van der Waals surface area contributed by atoms with Gasteiger partial charge in [0, 0.05) is 17.6 Å². The van der Waals surface area contributed by atoms with Gasteiger partial charge in [-0.3, -0.25) is 0 Å². The van der Waals surface area contributed by atoms with Crippen molar-refractivity contribution in [3.8, 4) is 11.1 Å². The largest absolute Gasteiger partial charge is 0.399 e. The van der Waals surface area contributed by atoms with Gasteiger partial charge in [0.05, 0.1) is 0 Å². The average Bonchev–Trinajstić information content (AvgIpc) is 2.57. The summed E-state index contributed by atoms with van der Waals surface area (Å²) in [7, 11) is 0. The van der Waals surface area contributed by atoms with Crippen molar-refractivity contribution in [3.05, 3.63) is 90.6 Å². The fraction of sp³-hybridized carbons (Fsp3) is 0. The van der Waals surface area contributed by atoms with Crippen LogP contribution in [0, 0.1) is 0 Å². The van der Waals surface area contributed by atoms with E-state index in [0.717, 1.165) is 11.4 Å². The molecule has 3 rings (SSSR count). The molecule has 3 aromatic carbocycles. The van der Waals surface area contributed by atoms with Crippen LogP contribution in [-0.4, -0.2) is 0 Å². The van der Waals surface area contributed by atoms with Crippen LogP contribution in [0.15, 0.2) is 85.1 Å². The van der Waals surface area contributed by atoms with Gasteiger partial charge in [0.15, 0.2) is 0 Å². The van der Waals surface area contributed by atoms with E-state index >= 15 is 0 Å². The van der Waals surface area contributed by atoms with Crippen molar-refractivity contribution in [2.75, 3.05) is 11.1 Å². The number of nitrogen functional groups attached to an aromatic ring is 1. The lowest BCUT2D eigenvalue weighted by atomic mass is 10.1. The van der Waals surface area contributed by atoms with Gasteiger partial charge < -0.3 is 11.1 Å². The van der Waals surface area contributed by atoms with Crippen LogP contribution in [0.3, 0.4) is 0 Å². The number of benzene rings is 3. The Balaban J connectivity index is 1.67. The van der Waals surface area contributed by atoms with Crippen LogP contribution in [0.25, 0.3) is 17.2 Å². The highest BCUT2D eigenvalue weighted by Gasteiger charge is 1.97. The molecule has 0 radical (unpaired) electrons. The zero-order valence-corrected chi connectivity index (χ0v) is 12.2. The molecule has 0 saturated heterocycles. The third-order valence-corrected chi connectivity index (χ3v) is 3.45. The topological polar surface area (TPSA) is 38.0 Å². The smallest absolute Gasteiger partial charge is 0.0380 e. The van der Waals surface area contributed by atoms with E-state index < -0.39 is 0 Å². The summed E-state index contributed by atoms with van der Waals surface area (Å²) in [5, 5.41) is 3.28. The molecule has 0 unspecified atom stereocenters. The summed E-state index contributed by atoms with van der Waals surface area (Å²) < 4.78 is 0. The second-order valence-corrected chi connectivity index (χ2v) is 5.09. The fourth-order valence-corrected chi connectivity index (χ4v) is 2.23. The van der Waals surface area contributed by atoms with Crippen molar-refractivity contribution in [1.29, 1.82) is 0 Å². The van der Waals surface area contributed by atoms with E-state index in [0.29, 0.717) is 0 Å². The van der Waals surface area contributed by atoms with Crippen molar-refractivity contribution in [1.82, 2.24) is 0 Å². The fourth-order valence-electron chi connectivity index (χ4n) is 2.23. The summed E-state index contributed by atoms with van der Waals surface area (Å²) in [5.74, 6) is 0. The van der Waals surface area contributed by atoms with Crippen LogP contribution in [0.2, 0.25) is 0 Å². The molecule has 2 heteroatoms. The first-order valence-electron chi connectivity index (χ1n) is 7.25. The van der Waals surface area contributed by atoms with E-state index in [9.17, 15) is 0 Å². The zero-order chi connectivity index (χ0) is 15.2. The van der Waals surface area contributed by atoms with E-state index in [1.165, 1.54) is 16.7 Å². The monoisotopic (exact) mass is 286 g/mol. The first-order chi connectivity index (χ1) is 10.8. The Hall–Kier alpha value is -3.00. The van der Waals surface area contributed by atoms with Gasteiger partial charge in [-0.15, -0.1) is 0 Å². The molecule has 0 atom stereocenters. The summed E-state index contributed by atoms with van der Waals surface area (Å²) >= 11 is 0. The maximum Gasteiger partial charge on any atom is 0.0380 e. The quantitative estimate of drug-likeness (QED) is 0.661. The van der Waals surface area contributed by atoms with Crippen LogP contribution >= 0.6 is 0 Å². The normalized spacial score (nSPS) is 10.7. The second kappa shape index (κ2) is 6.64. The summed E-state index contributed by atoms with van der Waals surface area (Å²) in [5.41, 5.74) is 11.1. The van der Waals surface area contributed by atoms with Crippen molar-refractivity contribution in [3.63, 3.8) is 0 Å². The lowest BCUT2D eigenvalue weighted by molar-refractivity contribution is 1.56. The third-order valence-electron chi connectivity index (χ3n) is 3.45. The Morgan fingerprint density at radius 1 is 0.682 bits per heavy atom. The molecule has 0 fully saturated rings. The second-order valence-electron chi connectivity index (χ2n) is 5.09. The number of nitrogens with one attached hydrogen (secondary N) is 1. The summed E-state index contributed by atoms with van der Waals surface area (Å²) in [4.78, 5) is 0. The van der Waals surface area contributed by atoms with Crippen LogP contribution in [0.4, 0.5) is 11.4 Å². The summed E-state index contributed by atoms with van der Waals surface area (Å²) in [6.45, 7) is 0. The molecule has 3 N–H and O–H groups in total. The number of hydrogen-bond donors (Lipinski definition) is 2. The highest BCUT2D eigenvalue weighted by atomic mass is 14.8. The van der Waals surface area contributed by atoms with Crippen molar-refractivity contribution < 1.29 is 0 Å². The molecule has 2 nitrogen and oxygen atoms in total. The predicted octanol–water partition coefficient (Wildman–Crippen LogP) is 5.02. The molecule has 3 aromatic rings. The third kappa shape index (κ3) is 3.55. The Morgan fingerprint density at radius 3 is 1.91 bits per heavy atom. The van der Waals surface area contributed by atoms with Gasteiger partial charge in [-0.1, -0.05) is 54.6 Å². The number of rotatable bonds is 4. The van der Waals surface area contributed by atoms with Crippen LogP contribution < -0.4 is 11.1 Å². The molecule has 0 saturated carbocycles. The van der Waals surface area contributed by atoms with Crippen LogP contribution in [0.5, 0.6) is 0 Å². The molecule has 0 heterocycles. The number of hydrogen-bond acceptors (Lipinski definition) is 2. The maximum absolute atomic E-state index is 5.71. The van der Waals surface area contributed by atoms with Gasteiger partial charge in [0.2, 0.25) is 0 Å². The van der Waals surface area contributed by atoms with E-state index in [2.05, 4.69) is 41.7 Å². The molecule has 0 aliphatic carbocycles. The van der Waals surface area contributed by atoms with Crippen LogP contribution in [-0.2, 0) is 0 Å². The molecule has 108 valence electrons.